The molecule has 0 radical (unpaired) electrons. The quantitative estimate of drug-likeness (QED) is 0.714. The maximum absolute atomic E-state index is 12.3. The van der Waals surface area contributed by atoms with E-state index < -0.39 is 0 Å². The minimum Gasteiger partial charge on any atom is -0.345 e. The summed E-state index contributed by atoms with van der Waals surface area (Å²) in [5.74, 6) is 0.556. The Morgan fingerprint density at radius 2 is 2.22 bits per heavy atom. The summed E-state index contributed by atoms with van der Waals surface area (Å²) < 4.78 is 0. The molecule has 1 aromatic carbocycles. The van der Waals surface area contributed by atoms with Crippen molar-refractivity contribution in [3.8, 4) is 0 Å². The molecule has 3 aromatic rings. The van der Waals surface area contributed by atoms with Gasteiger partial charge in [0.05, 0.1) is 23.6 Å². The molecular formula is C12H11N5O. The normalized spacial score (nSPS) is 10.7. The van der Waals surface area contributed by atoms with Crippen LogP contribution in [-0.2, 0) is 0 Å². The Labute approximate surface area is 103 Å². The highest BCUT2D eigenvalue weighted by atomic mass is 16.2. The second kappa shape index (κ2) is 3.99. The number of hydrogen-bond acceptors (Lipinski definition) is 3. The molecule has 6 nitrogen and oxygen atoms in total. The number of hydrogen-bond donors (Lipinski definition) is 2. The van der Waals surface area contributed by atoms with Gasteiger partial charge in [-0.05, 0) is 18.2 Å². The Hall–Kier alpha value is -2.63. The zero-order valence-corrected chi connectivity index (χ0v) is 9.71. The summed E-state index contributed by atoms with van der Waals surface area (Å²) in [5, 5.41) is 6.58. The van der Waals surface area contributed by atoms with Crippen molar-refractivity contribution in [1.29, 1.82) is 0 Å². The number of aromatic nitrogens is 4. The van der Waals surface area contributed by atoms with Crippen molar-refractivity contribution in [2.24, 2.45) is 0 Å². The van der Waals surface area contributed by atoms with Gasteiger partial charge in [-0.3, -0.25) is 14.8 Å². The summed E-state index contributed by atoms with van der Waals surface area (Å²) in [6, 6.07) is 7.11. The summed E-state index contributed by atoms with van der Waals surface area (Å²) in [7, 11) is 1.70. The van der Waals surface area contributed by atoms with Gasteiger partial charge < -0.3 is 4.98 Å². The van der Waals surface area contributed by atoms with Crippen LogP contribution in [0.3, 0.4) is 0 Å². The number of aromatic amines is 2. The van der Waals surface area contributed by atoms with E-state index in [9.17, 15) is 4.79 Å². The number of carbonyl (C=O) groups excluding carboxylic acids is 1. The fourth-order valence-corrected chi connectivity index (χ4v) is 1.81. The maximum Gasteiger partial charge on any atom is 0.259 e. The minimum absolute atomic E-state index is 0.101. The average molecular weight is 241 g/mol. The van der Waals surface area contributed by atoms with Crippen LogP contribution in [0.4, 0.5) is 5.82 Å². The van der Waals surface area contributed by atoms with E-state index in [1.807, 2.05) is 6.07 Å². The van der Waals surface area contributed by atoms with Crippen molar-refractivity contribution in [3.63, 3.8) is 0 Å². The average Bonchev–Trinajstić information content (AvgIpc) is 3.06. The van der Waals surface area contributed by atoms with Crippen LogP contribution in [0.15, 0.2) is 36.8 Å². The number of benzene rings is 1. The molecule has 2 aromatic heterocycles. The lowest BCUT2D eigenvalue weighted by Gasteiger charge is -2.14. The summed E-state index contributed by atoms with van der Waals surface area (Å²) in [6.07, 6.45) is 3.22. The van der Waals surface area contributed by atoms with Crippen LogP contribution in [0.1, 0.15) is 10.4 Å². The highest BCUT2D eigenvalue weighted by Crippen LogP contribution is 2.15. The fraction of sp³-hybridized carbons (Fsp3) is 0.0833. The van der Waals surface area contributed by atoms with Crippen molar-refractivity contribution >= 4 is 22.8 Å². The van der Waals surface area contributed by atoms with Gasteiger partial charge in [0.2, 0.25) is 0 Å². The molecule has 2 N–H and O–H groups in total. The molecule has 3 rings (SSSR count). The van der Waals surface area contributed by atoms with Crippen molar-refractivity contribution in [1.82, 2.24) is 20.2 Å². The zero-order chi connectivity index (χ0) is 12.5. The summed E-state index contributed by atoms with van der Waals surface area (Å²) in [6.45, 7) is 0. The molecule has 2 heterocycles. The minimum atomic E-state index is -0.101. The molecule has 18 heavy (non-hydrogen) atoms. The molecular weight excluding hydrogens is 230 g/mol. The number of rotatable bonds is 2. The van der Waals surface area contributed by atoms with Gasteiger partial charge in [-0.25, -0.2) is 4.98 Å². The molecule has 0 saturated carbocycles. The maximum atomic E-state index is 12.3. The Morgan fingerprint density at radius 3 is 3.00 bits per heavy atom. The van der Waals surface area contributed by atoms with Crippen LogP contribution >= 0.6 is 0 Å². The highest BCUT2D eigenvalue weighted by molar-refractivity contribution is 6.06. The topological polar surface area (TPSA) is 77.7 Å². The first kappa shape index (κ1) is 10.5. The van der Waals surface area contributed by atoms with Gasteiger partial charge in [-0.1, -0.05) is 0 Å². The molecule has 0 aliphatic carbocycles. The van der Waals surface area contributed by atoms with Gasteiger partial charge in [0.15, 0.2) is 0 Å². The van der Waals surface area contributed by atoms with Gasteiger partial charge in [-0.2, -0.15) is 5.10 Å². The molecule has 90 valence electrons. The molecule has 6 heteroatoms. The Morgan fingerprint density at radius 1 is 1.33 bits per heavy atom. The Bertz CT molecular complexity index is 685. The van der Waals surface area contributed by atoms with Gasteiger partial charge in [-0.15, -0.1) is 0 Å². The van der Waals surface area contributed by atoms with Crippen LogP contribution in [-0.4, -0.2) is 33.1 Å². The molecule has 0 bridgehead atoms. The first-order valence-corrected chi connectivity index (χ1v) is 5.46. The van der Waals surface area contributed by atoms with E-state index in [4.69, 9.17) is 0 Å². The van der Waals surface area contributed by atoms with E-state index in [1.54, 1.807) is 37.8 Å². The number of carbonyl (C=O) groups is 1. The predicted molar refractivity (Wildman–Crippen MR) is 67.4 cm³/mol. The number of amides is 1. The van der Waals surface area contributed by atoms with E-state index in [-0.39, 0.29) is 5.91 Å². The largest absolute Gasteiger partial charge is 0.345 e. The number of anilines is 1. The van der Waals surface area contributed by atoms with E-state index in [0.29, 0.717) is 11.4 Å². The fourth-order valence-electron chi connectivity index (χ4n) is 1.81. The van der Waals surface area contributed by atoms with Crippen LogP contribution in [0.2, 0.25) is 0 Å². The van der Waals surface area contributed by atoms with Gasteiger partial charge in [0.1, 0.15) is 5.82 Å². The lowest BCUT2D eigenvalue weighted by Crippen LogP contribution is -2.26. The Balaban J connectivity index is 1.96. The number of nitrogens with zero attached hydrogens (tertiary/aromatic N) is 3. The standard InChI is InChI=1S/C12H11N5O/c1-17(11-4-5-15-16-11)12(18)8-2-3-9-10(6-8)14-7-13-9/h2-7H,1H3,(H,13,14)(H,15,16). The van der Waals surface area contributed by atoms with Crippen molar-refractivity contribution in [3.05, 3.63) is 42.4 Å². The summed E-state index contributed by atoms with van der Waals surface area (Å²) in [5.41, 5.74) is 2.29. The molecule has 1 amide bonds. The molecule has 0 aliphatic heterocycles. The molecule has 0 unspecified atom stereocenters. The zero-order valence-electron chi connectivity index (χ0n) is 9.71. The van der Waals surface area contributed by atoms with Gasteiger partial charge >= 0.3 is 0 Å². The predicted octanol–water partition coefficient (Wildman–Crippen LogP) is 1.56. The number of H-pyrrole nitrogens is 2. The number of nitrogens with one attached hydrogen (secondary N) is 2. The lowest BCUT2D eigenvalue weighted by atomic mass is 10.2. The third kappa shape index (κ3) is 1.64. The van der Waals surface area contributed by atoms with Crippen molar-refractivity contribution < 1.29 is 4.79 Å². The van der Waals surface area contributed by atoms with Crippen molar-refractivity contribution in [2.75, 3.05) is 11.9 Å². The van der Waals surface area contributed by atoms with E-state index in [0.717, 1.165) is 11.0 Å². The molecule has 0 saturated heterocycles. The second-order valence-corrected chi connectivity index (χ2v) is 3.94. The van der Waals surface area contributed by atoms with E-state index in [1.165, 1.54) is 4.90 Å². The second-order valence-electron chi connectivity index (χ2n) is 3.94. The van der Waals surface area contributed by atoms with Crippen LogP contribution < -0.4 is 4.90 Å². The highest BCUT2D eigenvalue weighted by Gasteiger charge is 2.14. The van der Waals surface area contributed by atoms with Crippen LogP contribution in [0, 0.1) is 0 Å². The van der Waals surface area contributed by atoms with Crippen molar-refractivity contribution in [2.45, 2.75) is 0 Å². The van der Waals surface area contributed by atoms with Gasteiger partial charge in [0.25, 0.3) is 5.91 Å². The Kier molecular flexibility index (Phi) is 2.33. The first-order chi connectivity index (χ1) is 8.75. The van der Waals surface area contributed by atoms with Crippen LogP contribution in [0.25, 0.3) is 11.0 Å². The monoisotopic (exact) mass is 241 g/mol. The number of fused-ring (bicyclic) bond motifs is 1. The SMILES string of the molecule is CN(C(=O)c1ccc2nc[nH]c2c1)c1ccn[nH]1. The molecule has 0 spiro atoms. The van der Waals surface area contributed by atoms with E-state index >= 15 is 0 Å². The first-order valence-electron chi connectivity index (χ1n) is 5.46. The third-order valence-corrected chi connectivity index (χ3v) is 2.82. The molecule has 0 atom stereocenters. The van der Waals surface area contributed by atoms with Gasteiger partial charge in [0, 0.05) is 18.7 Å². The third-order valence-electron chi connectivity index (χ3n) is 2.82. The smallest absolute Gasteiger partial charge is 0.259 e. The number of imidazole rings is 1. The van der Waals surface area contributed by atoms with E-state index in [2.05, 4.69) is 20.2 Å². The van der Waals surface area contributed by atoms with Crippen LogP contribution in [0.5, 0.6) is 0 Å². The molecule has 0 aliphatic rings. The summed E-state index contributed by atoms with van der Waals surface area (Å²) >= 11 is 0. The summed E-state index contributed by atoms with van der Waals surface area (Å²) in [4.78, 5) is 20.9. The molecule has 0 fully saturated rings. The lowest BCUT2D eigenvalue weighted by molar-refractivity contribution is 0.0992.